The van der Waals surface area contributed by atoms with Gasteiger partial charge in [0.05, 0.1) is 0 Å². The van der Waals surface area contributed by atoms with Crippen molar-refractivity contribution in [3.8, 4) is 0 Å². The maximum absolute atomic E-state index is 0. The molecule has 4 heavy (non-hydrogen) atoms. The van der Waals surface area contributed by atoms with E-state index in [-0.39, 0.29) is 63.1 Å². The maximum atomic E-state index is 0. The Balaban J connectivity index is 0. The Bertz CT molecular complexity index is 3.25. The van der Waals surface area contributed by atoms with Crippen LogP contribution in [-0.2, 0) is 0 Å². The molecule has 25 valence electrons. The summed E-state index contributed by atoms with van der Waals surface area (Å²) in [5, 5.41) is 0. The summed E-state index contributed by atoms with van der Waals surface area (Å²) in [6.45, 7) is 0. The topological polar surface area (TPSA) is 0 Å². The Hall–Kier alpha value is 1.35. The molecule has 0 aromatic rings. The Morgan fingerprint density at radius 2 is 0.500 bits per heavy atom. The fourth-order valence-corrected chi connectivity index (χ4v) is 0. The Kier molecular flexibility index (Phi) is 372. The standard InChI is InChI=1S/3CH3.Nd/h3*1H3;/q3*-1;+3. The van der Waals surface area contributed by atoms with E-state index in [1.165, 1.54) is 0 Å². The van der Waals surface area contributed by atoms with Gasteiger partial charge in [-0.05, 0) is 0 Å². The molecule has 1 heteroatoms. The molecule has 0 saturated heterocycles. The third-order valence-corrected chi connectivity index (χ3v) is 0. The summed E-state index contributed by atoms with van der Waals surface area (Å²) in [6.07, 6.45) is 0. The average molecular weight is 189 g/mol. The molecular formula is C3H9Nd. The Morgan fingerprint density at radius 3 is 0.500 bits per heavy atom. The first kappa shape index (κ1) is 55.5. The van der Waals surface area contributed by atoms with Crippen LogP contribution in [0.1, 0.15) is 0 Å². The van der Waals surface area contributed by atoms with Crippen molar-refractivity contribution in [3.05, 3.63) is 22.3 Å². The van der Waals surface area contributed by atoms with Crippen LogP contribution in [0.3, 0.4) is 0 Å². The molecule has 0 aliphatic rings. The van der Waals surface area contributed by atoms with Gasteiger partial charge < -0.3 is 22.3 Å². The van der Waals surface area contributed by atoms with Crippen LogP contribution < -0.4 is 0 Å². The summed E-state index contributed by atoms with van der Waals surface area (Å²) in [7, 11) is 0. The van der Waals surface area contributed by atoms with Gasteiger partial charge in [0.1, 0.15) is 0 Å². The van der Waals surface area contributed by atoms with Crippen LogP contribution in [0.15, 0.2) is 0 Å². The summed E-state index contributed by atoms with van der Waals surface area (Å²) in [5.74, 6) is 0. The van der Waals surface area contributed by atoms with Gasteiger partial charge >= 0.3 is 40.8 Å². The molecule has 0 spiro atoms. The van der Waals surface area contributed by atoms with Crippen LogP contribution in [-0.4, -0.2) is 0 Å². The molecule has 0 unspecified atom stereocenters. The quantitative estimate of drug-likeness (QED) is 0.505. The summed E-state index contributed by atoms with van der Waals surface area (Å²) in [4.78, 5) is 0. The second kappa shape index (κ2) is 26.8. The molecule has 0 rings (SSSR count). The Labute approximate surface area is 62.5 Å². The van der Waals surface area contributed by atoms with Crippen molar-refractivity contribution in [1.29, 1.82) is 0 Å². The van der Waals surface area contributed by atoms with Crippen LogP contribution in [0.5, 0.6) is 0 Å². The van der Waals surface area contributed by atoms with E-state index in [1.54, 1.807) is 0 Å². The van der Waals surface area contributed by atoms with Crippen LogP contribution in [0.2, 0.25) is 0 Å². The van der Waals surface area contributed by atoms with E-state index in [1.807, 2.05) is 0 Å². The van der Waals surface area contributed by atoms with Gasteiger partial charge in [-0.2, -0.15) is 0 Å². The van der Waals surface area contributed by atoms with Gasteiger partial charge in [-0.3, -0.25) is 0 Å². The first-order valence-corrected chi connectivity index (χ1v) is 0. The first-order chi connectivity index (χ1) is 0. The van der Waals surface area contributed by atoms with E-state index in [9.17, 15) is 0 Å². The largest absolute Gasteiger partial charge is 3.00 e. The van der Waals surface area contributed by atoms with Crippen LogP contribution in [0.4, 0.5) is 0 Å². The molecule has 1 radical (unpaired) electrons. The van der Waals surface area contributed by atoms with Crippen molar-refractivity contribution < 1.29 is 40.8 Å². The van der Waals surface area contributed by atoms with Crippen LogP contribution in [0, 0.1) is 63.1 Å². The first-order valence-electron chi connectivity index (χ1n) is 0. The van der Waals surface area contributed by atoms with Crippen molar-refractivity contribution in [2.24, 2.45) is 0 Å². The zero-order valence-corrected chi connectivity index (χ0v) is 6.71. The number of rotatable bonds is 0. The number of hydrogen-bond donors (Lipinski definition) is 0. The minimum Gasteiger partial charge on any atom is -0.358 e. The molecular weight excluding hydrogens is 180 g/mol. The van der Waals surface area contributed by atoms with E-state index >= 15 is 0 Å². The normalized spacial score (nSPS) is 0. The minimum absolute atomic E-state index is 0. The molecule has 0 aromatic heterocycles. The zero-order valence-electron chi connectivity index (χ0n) is 3.50. The molecule has 0 heterocycles. The van der Waals surface area contributed by atoms with Gasteiger partial charge in [0.25, 0.3) is 0 Å². The average Bonchev–Trinajstić information content (AvgIpc) is 0. The molecule has 0 fully saturated rings. The second-order valence-electron chi connectivity index (χ2n) is 0. The predicted octanol–water partition coefficient (Wildman–Crippen LogP) is 1.35. The smallest absolute Gasteiger partial charge is 0.358 e. The van der Waals surface area contributed by atoms with Crippen molar-refractivity contribution in [2.75, 3.05) is 0 Å². The molecule has 0 aromatic carbocycles. The van der Waals surface area contributed by atoms with Gasteiger partial charge in [0.2, 0.25) is 0 Å². The fourth-order valence-electron chi connectivity index (χ4n) is 0. The van der Waals surface area contributed by atoms with E-state index in [4.69, 9.17) is 0 Å². The molecule has 0 aliphatic carbocycles. The maximum Gasteiger partial charge on any atom is 3.00 e. The predicted molar refractivity (Wildman–Crippen MR) is 19.2 cm³/mol. The van der Waals surface area contributed by atoms with Gasteiger partial charge in [-0.25, -0.2) is 0 Å². The summed E-state index contributed by atoms with van der Waals surface area (Å²) < 4.78 is 0. The minimum atomic E-state index is 0. The van der Waals surface area contributed by atoms with Crippen LogP contribution >= 0.6 is 0 Å². The van der Waals surface area contributed by atoms with E-state index in [2.05, 4.69) is 0 Å². The van der Waals surface area contributed by atoms with Gasteiger partial charge in [-0.1, -0.05) is 0 Å². The number of hydrogen-bond acceptors (Lipinski definition) is 0. The van der Waals surface area contributed by atoms with Gasteiger partial charge in [-0.15, -0.1) is 0 Å². The molecule has 0 N–H and O–H groups in total. The van der Waals surface area contributed by atoms with Crippen molar-refractivity contribution in [3.63, 3.8) is 0 Å². The molecule has 0 atom stereocenters. The zero-order chi connectivity index (χ0) is 0. The fraction of sp³-hybridized carbons (Fsp3) is 0. The summed E-state index contributed by atoms with van der Waals surface area (Å²) in [6, 6.07) is 0. The SMILES string of the molecule is [CH3-].[CH3-].[CH3-].[Nd+3]. The summed E-state index contributed by atoms with van der Waals surface area (Å²) >= 11 is 0. The van der Waals surface area contributed by atoms with Crippen molar-refractivity contribution >= 4 is 0 Å². The van der Waals surface area contributed by atoms with Crippen LogP contribution in [0.25, 0.3) is 0 Å². The Morgan fingerprint density at radius 1 is 0.500 bits per heavy atom. The van der Waals surface area contributed by atoms with E-state index in [0.717, 1.165) is 0 Å². The van der Waals surface area contributed by atoms with Crippen molar-refractivity contribution in [1.82, 2.24) is 0 Å². The second-order valence-corrected chi connectivity index (χ2v) is 0. The molecule has 0 saturated carbocycles. The molecule has 0 bridgehead atoms. The van der Waals surface area contributed by atoms with Crippen molar-refractivity contribution in [2.45, 2.75) is 0 Å². The third-order valence-electron chi connectivity index (χ3n) is 0. The van der Waals surface area contributed by atoms with Gasteiger partial charge in [0.15, 0.2) is 0 Å². The summed E-state index contributed by atoms with van der Waals surface area (Å²) in [5.41, 5.74) is 0. The molecule has 0 amide bonds. The molecule has 0 aliphatic heterocycles. The third kappa shape index (κ3) is 10.1. The van der Waals surface area contributed by atoms with Gasteiger partial charge in [0, 0.05) is 0 Å². The van der Waals surface area contributed by atoms with E-state index < -0.39 is 0 Å². The monoisotopic (exact) mass is 187 g/mol. The van der Waals surface area contributed by atoms with E-state index in [0.29, 0.717) is 0 Å². The molecule has 0 nitrogen and oxygen atoms in total.